The van der Waals surface area contributed by atoms with Crippen LogP contribution in [-0.4, -0.2) is 41.9 Å². The molecular weight excluding hydrogens is 481 g/mol. The number of nitrogens with zero attached hydrogens (tertiary/aromatic N) is 2. The highest BCUT2D eigenvalue weighted by molar-refractivity contribution is 7.99. The topological polar surface area (TPSA) is 71.9 Å². The van der Waals surface area contributed by atoms with Gasteiger partial charge in [0.15, 0.2) is 11.5 Å². The van der Waals surface area contributed by atoms with Crippen LogP contribution in [0.25, 0.3) is 11.1 Å². The molecule has 1 saturated heterocycles. The van der Waals surface area contributed by atoms with E-state index in [1.54, 1.807) is 41.3 Å². The lowest BCUT2D eigenvalue weighted by atomic mass is 10.0. The Morgan fingerprint density at radius 2 is 1.80 bits per heavy atom. The minimum Gasteiger partial charge on any atom is -0.486 e. The minimum atomic E-state index is -4.56. The Morgan fingerprint density at radius 3 is 2.57 bits per heavy atom. The number of halogens is 3. The van der Waals surface area contributed by atoms with Crippen molar-refractivity contribution in [3.8, 4) is 22.6 Å². The molecule has 3 aromatic rings. The van der Waals surface area contributed by atoms with E-state index in [1.165, 1.54) is 12.3 Å². The summed E-state index contributed by atoms with van der Waals surface area (Å²) >= 11 is 1.00. The number of carboxylic acids is 1. The number of aliphatic carboxylic acids is 1. The first-order chi connectivity index (χ1) is 16.8. The zero-order valence-electron chi connectivity index (χ0n) is 18.4. The number of hydrogen-bond donors (Lipinski definition) is 1. The fraction of sp³-hybridized carbons (Fsp3) is 0.280. The summed E-state index contributed by atoms with van der Waals surface area (Å²) in [5.41, 5.74) is 0.156. The van der Waals surface area contributed by atoms with Crippen molar-refractivity contribution in [2.24, 2.45) is 0 Å². The van der Waals surface area contributed by atoms with Crippen molar-refractivity contribution in [2.45, 2.75) is 34.9 Å². The first kappa shape index (κ1) is 23.3. The molecule has 0 unspecified atom stereocenters. The van der Waals surface area contributed by atoms with Gasteiger partial charge in [0.2, 0.25) is 0 Å². The van der Waals surface area contributed by atoms with E-state index >= 15 is 0 Å². The molecule has 2 aromatic carbocycles. The van der Waals surface area contributed by atoms with Crippen LogP contribution in [0.3, 0.4) is 0 Å². The SMILES string of the molecule is O=C(O)[C@@H]1CCCN1c1cc(-c2ccc(Sc3ccc4c(c3)OCCO4)c(C(F)(F)F)c2)ccn1. The molecule has 2 aliphatic rings. The molecule has 0 bridgehead atoms. The smallest absolute Gasteiger partial charge is 0.417 e. The fourth-order valence-corrected chi connectivity index (χ4v) is 5.26. The lowest BCUT2D eigenvalue weighted by Crippen LogP contribution is -2.36. The molecule has 1 N–H and O–H groups in total. The Morgan fingerprint density at radius 1 is 1.03 bits per heavy atom. The summed E-state index contributed by atoms with van der Waals surface area (Å²) in [6, 6.07) is 11.9. The summed E-state index contributed by atoms with van der Waals surface area (Å²) in [5, 5.41) is 9.46. The molecule has 10 heteroatoms. The van der Waals surface area contributed by atoms with Crippen LogP contribution in [0.15, 0.2) is 64.5 Å². The van der Waals surface area contributed by atoms with E-state index in [2.05, 4.69) is 4.98 Å². The van der Waals surface area contributed by atoms with E-state index in [-0.39, 0.29) is 4.90 Å². The number of alkyl halides is 3. The fourth-order valence-electron chi connectivity index (χ4n) is 4.29. The van der Waals surface area contributed by atoms with Crippen LogP contribution in [0.2, 0.25) is 0 Å². The van der Waals surface area contributed by atoms with Crippen molar-refractivity contribution < 1.29 is 32.5 Å². The minimum absolute atomic E-state index is 0.0673. The summed E-state index contributed by atoms with van der Waals surface area (Å²) in [4.78, 5) is 18.2. The van der Waals surface area contributed by atoms with E-state index in [1.807, 2.05) is 0 Å². The van der Waals surface area contributed by atoms with Crippen molar-refractivity contribution in [2.75, 3.05) is 24.7 Å². The highest BCUT2D eigenvalue weighted by atomic mass is 32.2. The number of fused-ring (bicyclic) bond motifs is 1. The van der Waals surface area contributed by atoms with Crippen LogP contribution in [0, 0.1) is 0 Å². The summed E-state index contributed by atoms with van der Waals surface area (Å²) < 4.78 is 53.2. The van der Waals surface area contributed by atoms with Crippen molar-refractivity contribution in [1.82, 2.24) is 4.98 Å². The molecule has 1 atom stereocenters. The number of benzene rings is 2. The molecule has 1 fully saturated rings. The van der Waals surface area contributed by atoms with Gasteiger partial charge in [0.25, 0.3) is 0 Å². The van der Waals surface area contributed by atoms with Gasteiger partial charge in [-0.25, -0.2) is 9.78 Å². The molecule has 3 heterocycles. The molecule has 2 aliphatic heterocycles. The van der Waals surface area contributed by atoms with Gasteiger partial charge in [-0.2, -0.15) is 13.2 Å². The van der Waals surface area contributed by atoms with Gasteiger partial charge in [-0.1, -0.05) is 17.8 Å². The first-order valence-electron chi connectivity index (χ1n) is 11.0. The molecule has 5 rings (SSSR count). The van der Waals surface area contributed by atoms with E-state index in [0.29, 0.717) is 65.9 Å². The number of carbonyl (C=O) groups is 1. The maximum absolute atomic E-state index is 14.0. The molecule has 0 spiro atoms. The van der Waals surface area contributed by atoms with Gasteiger partial charge in [-0.15, -0.1) is 0 Å². The summed E-state index contributed by atoms with van der Waals surface area (Å²) in [6.45, 7) is 1.36. The normalized spacial score (nSPS) is 17.5. The predicted octanol–water partition coefficient (Wildman–Crippen LogP) is 5.74. The Kier molecular flexibility index (Phi) is 6.22. The van der Waals surface area contributed by atoms with Crippen LogP contribution < -0.4 is 14.4 Å². The zero-order valence-corrected chi connectivity index (χ0v) is 19.2. The molecule has 35 heavy (non-hydrogen) atoms. The van der Waals surface area contributed by atoms with Crippen molar-refractivity contribution >= 4 is 23.5 Å². The molecule has 0 saturated carbocycles. The average Bonchev–Trinajstić information content (AvgIpc) is 3.34. The van der Waals surface area contributed by atoms with E-state index in [4.69, 9.17) is 9.47 Å². The summed E-state index contributed by atoms with van der Waals surface area (Å²) in [7, 11) is 0. The molecule has 0 radical (unpaired) electrons. The van der Waals surface area contributed by atoms with Gasteiger partial charge >= 0.3 is 12.1 Å². The summed E-state index contributed by atoms with van der Waals surface area (Å²) in [5.74, 6) is 0.589. The largest absolute Gasteiger partial charge is 0.486 e. The van der Waals surface area contributed by atoms with E-state index in [0.717, 1.165) is 17.8 Å². The van der Waals surface area contributed by atoms with Gasteiger partial charge < -0.3 is 19.5 Å². The molecule has 182 valence electrons. The highest BCUT2D eigenvalue weighted by Crippen LogP contribution is 2.43. The van der Waals surface area contributed by atoms with Crippen LogP contribution in [0.4, 0.5) is 19.0 Å². The lowest BCUT2D eigenvalue weighted by molar-refractivity contribution is -0.140. The van der Waals surface area contributed by atoms with E-state index < -0.39 is 23.8 Å². The van der Waals surface area contributed by atoms with Gasteiger partial charge in [-0.3, -0.25) is 0 Å². The van der Waals surface area contributed by atoms with E-state index in [9.17, 15) is 23.1 Å². The Labute approximate surface area is 203 Å². The average molecular weight is 503 g/mol. The Hall–Kier alpha value is -3.40. The standard InChI is InChI=1S/C25H21F3N2O4S/c26-25(27,28)18-12-15(16-7-8-29-23(13-16)30-9-1-2-19(30)24(31)32)3-6-22(18)35-17-4-5-20-21(14-17)34-11-10-33-20/h3-8,12-14,19H,1-2,9-11H2,(H,31,32)/t19-/m0/s1. The lowest BCUT2D eigenvalue weighted by Gasteiger charge is -2.23. The number of anilines is 1. The van der Waals surface area contributed by atoms with Gasteiger partial charge in [0, 0.05) is 22.5 Å². The van der Waals surface area contributed by atoms with Crippen molar-refractivity contribution in [3.05, 3.63) is 60.3 Å². The van der Waals surface area contributed by atoms with Crippen molar-refractivity contribution in [3.63, 3.8) is 0 Å². The second kappa shape index (κ2) is 9.33. The second-order valence-electron chi connectivity index (χ2n) is 8.21. The quantitative estimate of drug-likeness (QED) is 0.477. The third-order valence-corrected chi connectivity index (χ3v) is 7.00. The molecule has 1 aromatic heterocycles. The maximum atomic E-state index is 14.0. The molecule has 6 nitrogen and oxygen atoms in total. The summed E-state index contributed by atoms with van der Waals surface area (Å²) in [6.07, 6.45) is -1.85. The number of pyridine rings is 1. The third-order valence-electron chi connectivity index (χ3n) is 5.94. The van der Waals surface area contributed by atoms with Crippen LogP contribution in [0.5, 0.6) is 11.5 Å². The molecule has 0 amide bonds. The molecular formula is C25H21F3N2O4S. The van der Waals surface area contributed by atoms with Crippen molar-refractivity contribution in [1.29, 1.82) is 0 Å². The van der Waals surface area contributed by atoms with Crippen LogP contribution >= 0.6 is 11.8 Å². The van der Waals surface area contributed by atoms with Crippen LogP contribution in [-0.2, 0) is 11.0 Å². The maximum Gasteiger partial charge on any atom is 0.417 e. The third kappa shape index (κ3) is 4.88. The van der Waals surface area contributed by atoms with Crippen LogP contribution in [0.1, 0.15) is 18.4 Å². The first-order valence-corrected chi connectivity index (χ1v) is 11.9. The monoisotopic (exact) mass is 502 g/mol. The zero-order chi connectivity index (χ0) is 24.6. The van der Waals surface area contributed by atoms with Gasteiger partial charge in [-0.05, 0) is 66.4 Å². The highest BCUT2D eigenvalue weighted by Gasteiger charge is 2.35. The predicted molar refractivity (Wildman–Crippen MR) is 124 cm³/mol. The number of ether oxygens (including phenoxy) is 2. The van der Waals surface area contributed by atoms with Gasteiger partial charge in [0.1, 0.15) is 25.1 Å². The number of rotatable bonds is 5. The van der Waals surface area contributed by atoms with Gasteiger partial charge in [0.05, 0.1) is 5.56 Å². The Bertz CT molecular complexity index is 1270. The Balaban J connectivity index is 1.46. The number of carboxylic acid groups (broad SMARTS) is 1. The number of aromatic nitrogens is 1. The second-order valence-corrected chi connectivity index (χ2v) is 9.32. The molecule has 0 aliphatic carbocycles. The number of hydrogen-bond acceptors (Lipinski definition) is 6.